The third-order valence-corrected chi connectivity index (χ3v) is 11.1. The van der Waals surface area contributed by atoms with Gasteiger partial charge in [0.05, 0.1) is 22.7 Å². The molecule has 1 N–H and O–H groups in total. The smallest absolute Gasteiger partial charge is 0.123 e. The van der Waals surface area contributed by atoms with Gasteiger partial charge in [0.2, 0.25) is 0 Å². The quantitative estimate of drug-likeness (QED) is 0.204. The average Bonchev–Trinajstić information content (AvgIpc) is 3.16. The van der Waals surface area contributed by atoms with E-state index in [9.17, 15) is 5.11 Å². The van der Waals surface area contributed by atoms with Gasteiger partial charge in [0, 0.05) is 27.8 Å². The molecule has 248 valence electrons. The lowest BCUT2D eigenvalue weighted by molar-refractivity contribution is 0.477. The molecule has 0 atom stereocenters. The fourth-order valence-corrected chi connectivity index (χ4v) is 8.43. The standard InChI is InChI=1S/C48H40N2O/c1-47(2)38-20-9-11-22-42(38)49(35-16-6-5-7-17-35)44-27-25-32(30-40(44)47)33-26-28-45-41(31-33)48(3,4)39-21-10-12-23-43(39)50(45)36-18-14-15-34(29-36)37-19-8-13-24-46(37)51/h5-31,51H,1-4H3. The molecule has 2 heterocycles. The molecule has 0 unspecified atom stereocenters. The molecule has 7 aromatic carbocycles. The van der Waals surface area contributed by atoms with Crippen LogP contribution in [0.4, 0.5) is 34.1 Å². The molecule has 2 aliphatic rings. The van der Waals surface area contributed by atoms with Crippen molar-refractivity contribution < 1.29 is 5.11 Å². The summed E-state index contributed by atoms with van der Waals surface area (Å²) in [6.07, 6.45) is 0. The zero-order chi connectivity index (χ0) is 34.9. The molecule has 0 spiro atoms. The van der Waals surface area contributed by atoms with E-state index in [4.69, 9.17) is 0 Å². The van der Waals surface area contributed by atoms with Gasteiger partial charge in [-0.25, -0.2) is 0 Å². The Morgan fingerprint density at radius 3 is 1.43 bits per heavy atom. The van der Waals surface area contributed by atoms with Crippen LogP contribution in [0.5, 0.6) is 5.75 Å². The van der Waals surface area contributed by atoms with Crippen LogP contribution in [0.2, 0.25) is 0 Å². The van der Waals surface area contributed by atoms with Gasteiger partial charge >= 0.3 is 0 Å². The lowest BCUT2D eigenvalue weighted by Crippen LogP contribution is -2.31. The molecule has 3 heteroatoms. The van der Waals surface area contributed by atoms with Crippen molar-refractivity contribution in [2.24, 2.45) is 0 Å². The highest BCUT2D eigenvalue weighted by Gasteiger charge is 2.39. The normalized spacial score (nSPS) is 15.0. The minimum absolute atomic E-state index is 0.186. The highest BCUT2D eigenvalue weighted by molar-refractivity contribution is 5.91. The second kappa shape index (κ2) is 11.5. The van der Waals surface area contributed by atoms with Crippen LogP contribution < -0.4 is 9.80 Å². The maximum atomic E-state index is 10.7. The van der Waals surface area contributed by atoms with Gasteiger partial charge in [-0.1, -0.05) is 125 Å². The molecule has 0 aromatic heterocycles. The van der Waals surface area contributed by atoms with Crippen LogP contribution >= 0.6 is 0 Å². The van der Waals surface area contributed by atoms with Gasteiger partial charge in [0.1, 0.15) is 5.75 Å². The van der Waals surface area contributed by atoms with E-state index in [1.165, 1.54) is 56.1 Å². The van der Waals surface area contributed by atoms with Crippen molar-refractivity contribution in [3.8, 4) is 28.0 Å². The van der Waals surface area contributed by atoms with Crippen molar-refractivity contribution in [3.63, 3.8) is 0 Å². The Morgan fingerprint density at radius 1 is 0.373 bits per heavy atom. The third kappa shape index (κ3) is 4.80. The predicted molar refractivity (Wildman–Crippen MR) is 213 cm³/mol. The van der Waals surface area contributed by atoms with E-state index in [0.717, 1.165) is 22.5 Å². The van der Waals surface area contributed by atoms with E-state index >= 15 is 0 Å². The molecule has 0 aliphatic carbocycles. The van der Waals surface area contributed by atoms with Crippen LogP contribution in [0, 0.1) is 0 Å². The van der Waals surface area contributed by atoms with Crippen LogP contribution in [-0.4, -0.2) is 5.11 Å². The van der Waals surface area contributed by atoms with Gasteiger partial charge in [-0.3, -0.25) is 0 Å². The van der Waals surface area contributed by atoms with E-state index in [0.29, 0.717) is 0 Å². The number of hydrogen-bond acceptors (Lipinski definition) is 3. The Kier molecular flexibility index (Phi) is 6.98. The summed E-state index contributed by atoms with van der Waals surface area (Å²) in [5, 5.41) is 10.7. The lowest BCUT2D eigenvalue weighted by atomic mass is 9.71. The first-order chi connectivity index (χ1) is 24.7. The number of para-hydroxylation sites is 4. The number of hydrogen-bond donors (Lipinski definition) is 1. The molecular formula is C48H40N2O. The molecular weight excluding hydrogens is 621 g/mol. The summed E-state index contributed by atoms with van der Waals surface area (Å²) in [6.45, 7) is 9.39. The highest BCUT2D eigenvalue weighted by Crippen LogP contribution is 2.55. The molecule has 2 aliphatic heterocycles. The molecule has 0 bridgehead atoms. The molecule has 0 fully saturated rings. The summed E-state index contributed by atoms with van der Waals surface area (Å²) >= 11 is 0. The Morgan fingerprint density at radius 2 is 0.843 bits per heavy atom. The summed E-state index contributed by atoms with van der Waals surface area (Å²) in [5.41, 5.74) is 16.0. The average molecular weight is 661 g/mol. The van der Waals surface area contributed by atoms with Crippen LogP contribution in [-0.2, 0) is 10.8 Å². The Bertz CT molecular complexity index is 2460. The van der Waals surface area contributed by atoms with Crippen LogP contribution in [0.15, 0.2) is 164 Å². The van der Waals surface area contributed by atoms with Gasteiger partial charge < -0.3 is 14.9 Å². The van der Waals surface area contributed by atoms with E-state index in [2.05, 4.69) is 177 Å². The van der Waals surface area contributed by atoms with Crippen LogP contribution in [0.25, 0.3) is 22.3 Å². The van der Waals surface area contributed by atoms with Crippen molar-refractivity contribution >= 4 is 34.1 Å². The van der Waals surface area contributed by atoms with Crippen LogP contribution in [0.1, 0.15) is 49.9 Å². The summed E-state index contributed by atoms with van der Waals surface area (Å²) in [4.78, 5) is 4.79. The van der Waals surface area contributed by atoms with E-state index in [1.54, 1.807) is 6.07 Å². The number of phenols is 1. The zero-order valence-electron chi connectivity index (χ0n) is 29.4. The Hall–Kier alpha value is -6.06. The third-order valence-electron chi connectivity index (χ3n) is 11.1. The second-order valence-corrected chi connectivity index (χ2v) is 14.8. The van der Waals surface area contributed by atoms with Crippen molar-refractivity contribution in [2.45, 2.75) is 38.5 Å². The van der Waals surface area contributed by atoms with Gasteiger partial charge in [-0.15, -0.1) is 0 Å². The maximum Gasteiger partial charge on any atom is 0.123 e. The van der Waals surface area contributed by atoms with E-state index in [1.807, 2.05) is 18.2 Å². The van der Waals surface area contributed by atoms with Crippen molar-refractivity contribution in [2.75, 3.05) is 9.80 Å². The molecule has 7 aromatic rings. The fourth-order valence-electron chi connectivity index (χ4n) is 8.43. The lowest BCUT2D eigenvalue weighted by Gasteiger charge is -2.43. The van der Waals surface area contributed by atoms with Crippen molar-refractivity contribution in [1.82, 2.24) is 0 Å². The Balaban J connectivity index is 1.19. The van der Waals surface area contributed by atoms with E-state index < -0.39 is 0 Å². The minimum atomic E-state index is -0.232. The number of fused-ring (bicyclic) bond motifs is 4. The molecule has 0 saturated heterocycles. The molecule has 0 saturated carbocycles. The SMILES string of the molecule is CC1(C)c2ccccc2N(c2ccccc2)c2ccc(-c3ccc4c(c3)C(C)(C)c3ccccc3N4c3cccc(-c4ccccc4O)c3)cc21. The first kappa shape index (κ1) is 31.0. The van der Waals surface area contributed by atoms with Gasteiger partial charge in [-0.2, -0.15) is 0 Å². The van der Waals surface area contributed by atoms with Crippen molar-refractivity contribution in [1.29, 1.82) is 0 Å². The van der Waals surface area contributed by atoms with E-state index in [-0.39, 0.29) is 16.6 Å². The first-order valence-corrected chi connectivity index (χ1v) is 17.8. The number of aromatic hydroxyl groups is 1. The summed E-state index contributed by atoms with van der Waals surface area (Å²) in [5.74, 6) is 0.281. The van der Waals surface area contributed by atoms with Crippen molar-refractivity contribution in [3.05, 3.63) is 186 Å². The van der Waals surface area contributed by atoms with Gasteiger partial charge in [0.25, 0.3) is 0 Å². The number of phenolic OH excluding ortho intramolecular Hbond substituents is 1. The first-order valence-electron chi connectivity index (χ1n) is 17.8. The van der Waals surface area contributed by atoms with Crippen LogP contribution in [0.3, 0.4) is 0 Å². The zero-order valence-corrected chi connectivity index (χ0v) is 29.4. The fraction of sp³-hybridized carbons (Fsp3) is 0.125. The largest absolute Gasteiger partial charge is 0.507 e. The molecule has 9 rings (SSSR count). The summed E-state index contributed by atoms with van der Waals surface area (Å²) < 4.78 is 0. The monoisotopic (exact) mass is 660 g/mol. The summed E-state index contributed by atoms with van der Waals surface area (Å²) in [7, 11) is 0. The minimum Gasteiger partial charge on any atom is -0.507 e. The van der Waals surface area contributed by atoms with Gasteiger partial charge in [-0.05, 0) is 106 Å². The Labute approximate surface area is 300 Å². The molecule has 0 radical (unpaired) electrons. The number of rotatable bonds is 4. The maximum absolute atomic E-state index is 10.7. The van der Waals surface area contributed by atoms with Gasteiger partial charge in [0.15, 0.2) is 0 Å². The molecule has 3 nitrogen and oxygen atoms in total. The molecule has 0 amide bonds. The summed E-state index contributed by atoms with van der Waals surface area (Å²) in [6, 6.07) is 58.3. The predicted octanol–water partition coefficient (Wildman–Crippen LogP) is 12.9. The molecule has 51 heavy (non-hydrogen) atoms. The topological polar surface area (TPSA) is 26.7 Å². The highest BCUT2D eigenvalue weighted by atomic mass is 16.3. The number of benzene rings is 7. The second-order valence-electron chi connectivity index (χ2n) is 14.8. The number of nitrogens with zero attached hydrogens (tertiary/aromatic N) is 2. The number of anilines is 6.